The maximum Gasteiger partial charge on any atom is 0.419 e. The van der Waals surface area contributed by atoms with E-state index in [2.05, 4.69) is 10.3 Å². The number of alkyl halides is 3. The zero-order valence-electron chi connectivity index (χ0n) is 10.6. The van der Waals surface area contributed by atoms with Crippen molar-refractivity contribution in [3.63, 3.8) is 0 Å². The average molecular weight is 284 g/mol. The normalized spacial score (nSPS) is 11.4. The zero-order chi connectivity index (χ0) is 14.8. The van der Waals surface area contributed by atoms with E-state index in [1.54, 1.807) is 6.20 Å². The predicted octanol–water partition coefficient (Wildman–Crippen LogP) is 4.16. The van der Waals surface area contributed by atoms with E-state index in [9.17, 15) is 17.6 Å². The Morgan fingerprint density at radius 3 is 2.50 bits per heavy atom. The highest BCUT2D eigenvalue weighted by Gasteiger charge is 2.34. The fraction of sp³-hybridized carbons (Fsp3) is 0.214. The molecule has 2 aromatic rings. The lowest BCUT2D eigenvalue weighted by Crippen LogP contribution is -2.09. The summed E-state index contributed by atoms with van der Waals surface area (Å²) in [6.45, 7) is 2.16. The number of halogens is 4. The number of nitrogens with zero attached hydrogens (tertiary/aromatic N) is 1. The summed E-state index contributed by atoms with van der Waals surface area (Å²) in [6, 6.07) is 6.47. The molecule has 0 bridgehead atoms. The second kappa shape index (κ2) is 5.48. The Labute approximate surface area is 113 Å². The highest BCUT2D eigenvalue weighted by molar-refractivity contribution is 5.47. The summed E-state index contributed by atoms with van der Waals surface area (Å²) in [5.41, 5.74) is 0.618. The zero-order valence-corrected chi connectivity index (χ0v) is 10.6. The average Bonchev–Trinajstić information content (AvgIpc) is 2.38. The van der Waals surface area contributed by atoms with Crippen molar-refractivity contribution in [1.82, 2.24) is 4.98 Å². The van der Waals surface area contributed by atoms with Crippen molar-refractivity contribution in [2.75, 3.05) is 5.32 Å². The summed E-state index contributed by atoms with van der Waals surface area (Å²) >= 11 is 0. The van der Waals surface area contributed by atoms with Crippen molar-refractivity contribution in [1.29, 1.82) is 0 Å². The van der Waals surface area contributed by atoms with Gasteiger partial charge >= 0.3 is 6.18 Å². The van der Waals surface area contributed by atoms with Crippen molar-refractivity contribution in [2.45, 2.75) is 19.6 Å². The molecule has 0 aliphatic heterocycles. The molecule has 0 radical (unpaired) electrons. The highest BCUT2D eigenvalue weighted by Crippen LogP contribution is 2.33. The Balaban J connectivity index is 2.12. The Morgan fingerprint density at radius 1 is 1.15 bits per heavy atom. The van der Waals surface area contributed by atoms with Crippen molar-refractivity contribution >= 4 is 5.69 Å². The molecule has 1 aromatic heterocycles. The summed E-state index contributed by atoms with van der Waals surface area (Å²) in [4.78, 5) is 4.08. The van der Waals surface area contributed by atoms with E-state index >= 15 is 0 Å². The molecule has 0 unspecified atom stereocenters. The smallest absolute Gasteiger partial charge is 0.381 e. The van der Waals surface area contributed by atoms with Crippen LogP contribution < -0.4 is 5.32 Å². The predicted molar refractivity (Wildman–Crippen MR) is 67.7 cm³/mol. The van der Waals surface area contributed by atoms with Gasteiger partial charge in [0.25, 0.3) is 0 Å². The second-order valence-corrected chi connectivity index (χ2v) is 4.35. The van der Waals surface area contributed by atoms with Gasteiger partial charge in [-0.15, -0.1) is 0 Å². The van der Waals surface area contributed by atoms with E-state index in [-0.39, 0.29) is 5.69 Å². The number of aryl methyl sites for hydroxylation is 1. The van der Waals surface area contributed by atoms with E-state index in [0.717, 1.165) is 23.4 Å². The quantitative estimate of drug-likeness (QED) is 0.856. The van der Waals surface area contributed by atoms with Gasteiger partial charge in [-0.25, -0.2) is 4.39 Å². The molecule has 0 amide bonds. The van der Waals surface area contributed by atoms with Gasteiger partial charge in [-0.1, -0.05) is 6.07 Å². The lowest BCUT2D eigenvalue weighted by atomic mass is 10.1. The van der Waals surface area contributed by atoms with Crippen LogP contribution in [0.5, 0.6) is 0 Å². The number of aromatic nitrogens is 1. The Kier molecular flexibility index (Phi) is 3.92. The molecular weight excluding hydrogens is 272 g/mol. The van der Waals surface area contributed by atoms with Gasteiger partial charge in [0.1, 0.15) is 5.82 Å². The Hall–Kier alpha value is -2.11. The highest BCUT2D eigenvalue weighted by atomic mass is 19.4. The second-order valence-electron chi connectivity index (χ2n) is 4.35. The molecule has 1 N–H and O–H groups in total. The van der Waals surface area contributed by atoms with Crippen LogP contribution in [-0.2, 0) is 12.7 Å². The van der Waals surface area contributed by atoms with Gasteiger partial charge in [0.2, 0.25) is 0 Å². The fourth-order valence-electron chi connectivity index (χ4n) is 1.66. The molecule has 0 aliphatic rings. The molecule has 0 fully saturated rings. The SMILES string of the molecule is Cc1ccc(CNc2ccc(F)c(C(F)(F)F)c2)cn1. The number of rotatable bonds is 3. The molecule has 106 valence electrons. The summed E-state index contributed by atoms with van der Waals surface area (Å²) in [6.07, 6.45) is -3.07. The number of pyridine rings is 1. The van der Waals surface area contributed by atoms with Gasteiger partial charge in [-0.2, -0.15) is 13.2 Å². The number of anilines is 1. The van der Waals surface area contributed by atoms with Gasteiger partial charge in [0, 0.05) is 24.1 Å². The third-order valence-corrected chi connectivity index (χ3v) is 2.74. The Morgan fingerprint density at radius 2 is 1.90 bits per heavy atom. The van der Waals surface area contributed by atoms with Crippen LogP contribution in [0, 0.1) is 12.7 Å². The van der Waals surface area contributed by atoms with Gasteiger partial charge in [-0.05, 0) is 36.8 Å². The van der Waals surface area contributed by atoms with Gasteiger partial charge < -0.3 is 5.32 Å². The van der Waals surface area contributed by atoms with E-state index in [0.29, 0.717) is 6.54 Å². The molecule has 0 saturated carbocycles. The van der Waals surface area contributed by atoms with Crippen LogP contribution in [0.25, 0.3) is 0 Å². The molecule has 1 heterocycles. The molecule has 0 atom stereocenters. The maximum absolute atomic E-state index is 13.1. The first-order valence-corrected chi connectivity index (χ1v) is 5.88. The first kappa shape index (κ1) is 14.3. The van der Waals surface area contributed by atoms with Crippen LogP contribution in [0.2, 0.25) is 0 Å². The van der Waals surface area contributed by atoms with Crippen molar-refractivity contribution < 1.29 is 17.6 Å². The summed E-state index contributed by atoms with van der Waals surface area (Å²) < 4.78 is 50.8. The van der Waals surface area contributed by atoms with E-state index < -0.39 is 17.6 Å². The lowest BCUT2D eigenvalue weighted by molar-refractivity contribution is -0.139. The number of nitrogens with one attached hydrogen (secondary N) is 1. The molecule has 6 heteroatoms. The molecule has 2 nitrogen and oxygen atoms in total. The lowest BCUT2D eigenvalue weighted by Gasteiger charge is -2.11. The van der Waals surface area contributed by atoms with Gasteiger partial charge in [0.05, 0.1) is 5.56 Å². The largest absolute Gasteiger partial charge is 0.419 e. The Bertz CT molecular complexity index is 591. The summed E-state index contributed by atoms with van der Waals surface area (Å²) in [5, 5.41) is 2.81. The molecular formula is C14H12F4N2. The first-order chi connectivity index (χ1) is 9.36. The molecule has 0 spiro atoms. The minimum absolute atomic E-state index is 0.208. The van der Waals surface area contributed by atoms with Crippen LogP contribution in [0.1, 0.15) is 16.8 Å². The summed E-state index contributed by atoms with van der Waals surface area (Å²) in [7, 11) is 0. The van der Waals surface area contributed by atoms with Gasteiger partial charge in [0.15, 0.2) is 0 Å². The maximum atomic E-state index is 13.1. The van der Waals surface area contributed by atoms with Crippen molar-refractivity contribution in [3.05, 3.63) is 59.2 Å². The van der Waals surface area contributed by atoms with Gasteiger partial charge in [-0.3, -0.25) is 4.98 Å². The molecule has 1 aromatic carbocycles. The van der Waals surface area contributed by atoms with Crippen molar-refractivity contribution in [3.8, 4) is 0 Å². The van der Waals surface area contributed by atoms with Crippen LogP contribution in [0.3, 0.4) is 0 Å². The molecule has 2 rings (SSSR count). The molecule has 0 saturated heterocycles. The van der Waals surface area contributed by atoms with Crippen LogP contribution in [0.15, 0.2) is 36.5 Å². The standard InChI is InChI=1S/C14H12F4N2/c1-9-2-3-10(7-19-9)8-20-11-4-5-13(15)12(6-11)14(16,17)18/h2-7,20H,8H2,1H3. The molecule has 0 aliphatic carbocycles. The fourth-order valence-corrected chi connectivity index (χ4v) is 1.66. The third kappa shape index (κ3) is 3.46. The van der Waals surface area contributed by atoms with Crippen LogP contribution >= 0.6 is 0 Å². The number of hydrogen-bond acceptors (Lipinski definition) is 2. The van der Waals surface area contributed by atoms with Crippen molar-refractivity contribution in [2.24, 2.45) is 0 Å². The van der Waals surface area contributed by atoms with Crippen LogP contribution in [0.4, 0.5) is 23.2 Å². The number of benzene rings is 1. The summed E-state index contributed by atoms with van der Waals surface area (Å²) in [5.74, 6) is -1.28. The minimum atomic E-state index is -4.70. The van der Waals surface area contributed by atoms with E-state index in [4.69, 9.17) is 0 Å². The third-order valence-electron chi connectivity index (χ3n) is 2.74. The number of hydrogen-bond donors (Lipinski definition) is 1. The first-order valence-electron chi connectivity index (χ1n) is 5.88. The molecule has 20 heavy (non-hydrogen) atoms. The van der Waals surface area contributed by atoms with Crippen LogP contribution in [-0.4, -0.2) is 4.98 Å². The van der Waals surface area contributed by atoms with E-state index in [1.807, 2.05) is 19.1 Å². The minimum Gasteiger partial charge on any atom is -0.381 e. The monoisotopic (exact) mass is 284 g/mol. The van der Waals surface area contributed by atoms with E-state index in [1.165, 1.54) is 6.07 Å². The topological polar surface area (TPSA) is 24.9 Å².